The number of nitrogens with zero attached hydrogens (tertiary/aromatic N) is 1. The van der Waals surface area contributed by atoms with Gasteiger partial charge in [-0.3, -0.25) is 10.3 Å². The van der Waals surface area contributed by atoms with Crippen molar-refractivity contribution in [3.8, 4) is 0 Å². The highest BCUT2D eigenvalue weighted by Crippen LogP contribution is 2.25. The molecule has 0 atom stereocenters. The first-order chi connectivity index (χ1) is 10.3. The summed E-state index contributed by atoms with van der Waals surface area (Å²) in [4.78, 5) is 7.79. The molecule has 1 aliphatic carbocycles. The Balaban J connectivity index is 1.96. The molecular formula is C18H28N2O. The van der Waals surface area contributed by atoms with E-state index in [4.69, 9.17) is 4.84 Å². The molecule has 1 aromatic rings. The van der Waals surface area contributed by atoms with E-state index >= 15 is 0 Å². The number of hydrogen-bond donors (Lipinski definition) is 1. The van der Waals surface area contributed by atoms with E-state index in [1.165, 1.54) is 42.5 Å². The van der Waals surface area contributed by atoms with Gasteiger partial charge in [-0.25, -0.2) is 0 Å². The fourth-order valence-corrected chi connectivity index (χ4v) is 2.67. The average Bonchev–Trinajstić information content (AvgIpc) is 2.70. The highest BCUT2D eigenvalue weighted by atomic mass is 16.6. The lowest BCUT2D eigenvalue weighted by atomic mass is 10.00. The Morgan fingerprint density at radius 1 is 1.05 bits per heavy atom. The van der Waals surface area contributed by atoms with Crippen LogP contribution in [0.1, 0.15) is 37.7 Å². The van der Waals surface area contributed by atoms with Crippen molar-refractivity contribution in [2.75, 3.05) is 27.2 Å². The summed E-state index contributed by atoms with van der Waals surface area (Å²) in [5.74, 6) is 0. The Kier molecular flexibility index (Phi) is 6.77. The molecule has 0 aliphatic heterocycles. The average molecular weight is 288 g/mol. The van der Waals surface area contributed by atoms with Crippen molar-refractivity contribution in [2.45, 2.75) is 38.5 Å². The number of hydroxylamine groups is 1. The van der Waals surface area contributed by atoms with Crippen molar-refractivity contribution >= 4 is 0 Å². The molecule has 0 unspecified atom stereocenters. The molecule has 1 aliphatic rings. The van der Waals surface area contributed by atoms with E-state index in [0.717, 1.165) is 26.0 Å². The summed E-state index contributed by atoms with van der Waals surface area (Å²) in [6.45, 7) is 1.66. The second-order valence-corrected chi connectivity index (χ2v) is 6.06. The van der Waals surface area contributed by atoms with Gasteiger partial charge in [0.25, 0.3) is 0 Å². The van der Waals surface area contributed by atoms with Crippen molar-refractivity contribution in [1.82, 2.24) is 10.4 Å². The van der Waals surface area contributed by atoms with Gasteiger partial charge in [0, 0.05) is 12.2 Å². The molecule has 0 saturated heterocycles. The third kappa shape index (κ3) is 5.90. The van der Waals surface area contributed by atoms with Crippen LogP contribution < -0.4 is 5.48 Å². The Labute approximate surface area is 128 Å². The van der Waals surface area contributed by atoms with E-state index in [0.29, 0.717) is 0 Å². The molecule has 0 aromatic heterocycles. The SMILES string of the molecule is CN(C)CCONC1=C(Cc2ccccc2)CCCCC1. The number of likely N-dealkylation sites (N-methyl/N-ethyl adjacent to an activating group) is 1. The van der Waals surface area contributed by atoms with Crippen LogP contribution in [-0.4, -0.2) is 32.1 Å². The van der Waals surface area contributed by atoms with Gasteiger partial charge in [0.05, 0.1) is 6.61 Å². The lowest BCUT2D eigenvalue weighted by Crippen LogP contribution is -2.24. The smallest absolute Gasteiger partial charge is 0.0872 e. The van der Waals surface area contributed by atoms with Crippen molar-refractivity contribution in [3.05, 3.63) is 47.2 Å². The molecule has 1 aromatic carbocycles. The van der Waals surface area contributed by atoms with Gasteiger partial charge in [-0.2, -0.15) is 0 Å². The molecule has 0 spiro atoms. The van der Waals surface area contributed by atoms with Gasteiger partial charge in [0.1, 0.15) is 0 Å². The molecule has 1 N–H and O–H groups in total. The molecule has 3 nitrogen and oxygen atoms in total. The minimum Gasteiger partial charge on any atom is -0.307 e. The summed E-state index contributed by atoms with van der Waals surface area (Å²) in [5.41, 5.74) is 7.46. The van der Waals surface area contributed by atoms with Crippen LogP contribution in [0.2, 0.25) is 0 Å². The summed E-state index contributed by atoms with van der Waals surface area (Å²) in [6, 6.07) is 10.7. The Morgan fingerprint density at radius 3 is 2.57 bits per heavy atom. The zero-order valence-corrected chi connectivity index (χ0v) is 13.4. The molecule has 3 heteroatoms. The van der Waals surface area contributed by atoms with Gasteiger partial charge in [-0.15, -0.1) is 0 Å². The van der Waals surface area contributed by atoms with E-state index < -0.39 is 0 Å². The Morgan fingerprint density at radius 2 is 1.81 bits per heavy atom. The van der Waals surface area contributed by atoms with Gasteiger partial charge in [-0.1, -0.05) is 36.8 Å². The first-order valence-electron chi connectivity index (χ1n) is 8.03. The summed E-state index contributed by atoms with van der Waals surface area (Å²) in [6.07, 6.45) is 7.22. The number of hydrogen-bond acceptors (Lipinski definition) is 3. The summed E-state index contributed by atoms with van der Waals surface area (Å²) >= 11 is 0. The largest absolute Gasteiger partial charge is 0.307 e. The van der Waals surface area contributed by atoms with Crippen LogP contribution in [0.15, 0.2) is 41.6 Å². The fourth-order valence-electron chi connectivity index (χ4n) is 2.67. The van der Waals surface area contributed by atoms with Gasteiger partial charge in [0.15, 0.2) is 0 Å². The van der Waals surface area contributed by atoms with Gasteiger partial charge >= 0.3 is 0 Å². The number of benzene rings is 1. The van der Waals surface area contributed by atoms with E-state index in [2.05, 4.69) is 54.8 Å². The van der Waals surface area contributed by atoms with Gasteiger partial charge in [-0.05, 0) is 57.3 Å². The van der Waals surface area contributed by atoms with Crippen molar-refractivity contribution in [2.24, 2.45) is 0 Å². The summed E-state index contributed by atoms with van der Waals surface area (Å²) in [7, 11) is 4.13. The molecule has 2 rings (SSSR count). The third-order valence-corrected chi connectivity index (χ3v) is 3.93. The molecule has 0 saturated carbocycles. The topological polar surface area (TPSA) is 24.5 Å². The van der Waals surface area contributed by atoms with Crippen LogP contribution in [0.4, 0.5) is 0 Å². The lowest BCUT2D eigenvalue weighted by Gasteiger charge is -2.16. The van der Waals surface area contributed by atoms with Crippen LogP contribution in [0.3, 0.4) is 0 Å². The lowest BCUT2D eigenvalue weighted by molar-refractivity contribution is 0.0495. The molecule has 0 bridgehead atoms. The van der Waals surface area contributed by atoms with Crippen molar-refractivity contribution in [3.63, 3.8) is 0 Å². The predicted octanol–water partition coefficient (Wildman–Crippen LogP) is 3.53. The maximum absolute atomic E-state index is 5.66. The molecule has 0 radical (unpaired) electrons. The van der Waals surface area contributed by atoms with Crippen molar-refractivity contribution in [1.29, 1.82) is 0 Å². The van der Waals surface area contributed by atoms with Crippen LogP contribution >= 0.6 is 0 Å². The van der Waals surface area contributed by atoms with Crippen LogP contribution in [0, 0.1) is 0 Å². The third-order valence-electron chi connectivity index (χ3n) is 3.93. The predicted molar refractivity (Wildman–Crippen MR) is 87.9 cm³/mol. The number of allylic oxidation sites excluding steroid dienone is 2. The van der Waals surface area contributed by atoms with Crippen LogP contribution in [0.5, 0.6) is 0 Å². The second-order valence-electron chi connectivity index (χ2n) is 6.06. The molecule has 0 amide bonds. The highest BCUT2D eigenvalue weighted by molar-refractivity contribution is 5.25. The zero-order chi connectivity index (χ0) is 14.9. The van der Waals surface area contributed by atoms with Gasteiger partial charge in [0.2, 0.25) is 0 Å². The molecule has 0 fully saturated rings. The van der Waals surface area contributed by atoms with E-state index in [-0.39, 0.29) is 0 Å². The van der Waals surface area contributed by atoms with E-state index in [1.54, 1.807) is 0 Å². The molecule has 0 heterocycles. The quantitative estimate of drug-likeness (QED) is 0.613. The van der Waals surface area contributed by atoms with Crippen LogP contribution in [-0.2, 0) is 11.3 Å². The summed E-state index contributed by atoms with van der Waals surface area (Å²) < 4.78 is 0. The van der Waals surface area contributed by atoms with E-state index in [9.17, 15) is 0 Å². The Bertz CT molecular complexity index is 440. The van der Waals surface area contributed by atoms with Gasteiger partial charge < -0.3 is 4.90 Å². The first-order valence-corrected chi connectivity index (χ1v) is 8.03. The standard InChI is InChI=1S/C18H28N2O/c1-20(2)13-14-21-19-18-12-8-4-7-11-17(18)15-16-9-5-3-6-10-16/h3,5-6,9-10,19H,4,7-8,11-15H2,1-2H3. The minimum absolute atomic E-state index is 0.717. The normalized spacial score (nSPS) is 16.1. The molecular weight excluding hydrogens is 260 g/mol. The first kappa shape index (κ1) is 16.1. The maximum atomic E-state index is 5.66. The monoisotopic (exact) mass is 288 g/mol. The highest BCUT2D eigenvalue weighted by Gasteiger charge is 2.12. The van der Waals surface area contributed by atoms with Crippen LogP contribution in [0.25, 0.3) is 0 Å². The second kappa shape index (κ2) is 8.85. The van der Waals surface area contributed by atoms with E-state index in [1.807, 2.05) is 0 Å². The van der Waals surface area contributed by atoms with Crippen molar-refractivity contribution < 1.29 is 4.84 Å². The maximum Gasteiger partial charge on any atom is 0.0872 e. The minimum atomic E-state index is 0.717. The zero-order valence-electron chi connectivity index (χ0n) is 13.4. The number of nitrogens with one attached hydrogen (secondary N) is 1. The number of rotatable bonds is 7. The molecule has 21 heavy (non-hydrogen) atoms. The summed E-state index contributed by atoms with van der Waals surface area (Å²) in [5, 5.41) is 0. The fraction of sp³-hybridized carbons (Fsp3) is 0.556. The Hall–Kier alpha value is -1.32. The molecule has 116 valence electrons.